The highest BCUT2D eigenvalue weighted by molar-refractivity contribution is 5.79. The Bertz CT molecular complexity index is 1170. The minimum atomic E-state index is -1.02. The number of benzene rings is 2. The topological polar surface area (TPSA) is 134 Å². The van der Waals surface area contributed by atoms with Gasteiger partial charge < -0.3 is 40.7 Å². The number of nitrogen functional groups attached to an aromatic ring is 1. The van der Waals surface area contributed by atoms with Crippen molar-refractivity contribution in [2.75, 3.05) is 75.8 Å². The molecule has 1 saturated heterocycles. The number of hydrogen-bond donors (Lipinski definition) is 4. The third kappa shape index (κ3) is 5.53. The summed E-state index contributed by atoms with van der Waals surface area (Å²) in [5.41, 5.74) is 8.88. The first-order chi connectivity index (χ1) is 16.8. The van der Waals surface area contributed by atoms with Crippen LogP contribution in [0.1, 0.15) is 5.56 Å². The number of ether oxygens (including phenoxy) is 2. The van der Waals surface area contributed by atoms with Gasteiger partial charge in [-0.25, -0.2) is 9.97 Å². The number of nitrogens with one attached hydrogen (secondary N) is 2. The number of likely N-dealkylation sites (N-methyl/N-ethyl adjacent to an activating group) is 2. The first-order valence-electron chi connectivity index (χ1n) is 11.2. The lowest BCUT2D eigenvalue weighted by molar-refractivity contribution is -0.184. The average molecular weight is 481 g/mol. The normalized spacial score (nSPS) is 14.3. The van der Waals surface area contributed by atoms with Crippen LogP contribution in [0.2, 0.25) is 0 Å². The second-order valence-corrected chi connectivity index (χ2v) is 8.79. The van der Waals surface area contributed by atoms with Gasteiger partial charge >= 0.3 is 0 Å². The van der Waals surface area contributed by atoms with Crippen LogP contribution in [-0.2, 0) is 10.3 Å². The first kappa shape index (κ1) is 24.5. The zero-order valence-electron chi connectivity index (χ0n) is 20.4. The molecule has 0 spiro atoms. The minimum Gasteiger partial charge on any atom is -0.494 e. The van der Waals surface area contributed by atoms with Crippen LogP contribution < -0.4 is 26.0 Å². The molecule has 0 amide bonds. The molecule has 186 valence electrons. The van der Waals surface area contributed by atoms with Crippen molar-refractivity contribution in [1.82, 2.24) is 19.9 Å². The molecule has 0 aliphatic carbocycles. The van der Waals surface area contributed by atoms with Gasteiger partial charge in [0, 0.05) is 37.5 Å². The van der Waals surface area contributed by atoms with Gasteiger partial charge in [-0.05, 0) is 26.2 Å². The van der Waals surface area contributed by atoms with Crippen molar-refractivity contribution in [3.05, 3.63) is 48.3 Å². The van der Waals surface area contributed by atoms with Crippen LogP contribution >= 0.6 is 0 Å². The van der Waals surface area contributed by atoms with Crippen LogP contribution in [0, 0.1) is 0 Å². The van der Waals surface area contributed by atoms with Gasteiger partial charge in [0.2, 0.25) is 11.9 Å². The Morgan fingerprint density at radius 3 is 2.37 bits per heavy atom. The Hall–Kier alpha value is -3.67. The third-order valence-electron chi connectivity index (χ3n) is 5.82. The molecule has 11 heteroatoms. The quantitative estimate of drug-likeness (QED) is 0.318. The van der Waals surface area contributed by atoms with Gasteiger partial charge in [-0.2, -0.15) is 4.98 Å². The molecule has 2 aromatic carbocycles. The number of para-hydroxylation sites is 1. The summed E-state index contributed by atoms with van der Waals surface area (Å²) >= 11 is 0. The summed E-state index contributed by atoms with van der Waals surface area (Å²) in [4.78, 5) is 17.1. The zero-order valence-corrected chi connectivity index (χ0v) is 20.4. The number of anilines is 6. The summed E-state index contributed by atoms with van der Waals surface area (Å²) in [7, 11) is 7.66. The van der Waals surface area contributed by atoms with Crippen molar-refractivity contribution in [2.45, 2.75) is 5.60 Å². The maximum absolute atomic E-state index is 10.7. The van der Waals surface area contributed by atoms with E-state index in [4.69, 9.17) is 15.2 Å². The van der Waals surface area contributed by atoms with Gasteiger partial charge in [-0.1, -0.05) is 18.2 Å². The fraction of sp³-hybridized carbons (Fsp3) is 0.375. The van der Waals surface area contributed by atoms with Crippen molar-refractivity contribution in [3.63, 3.8) is 0 Å². The molecular weight excluding hydrogens is 448 g/mol. The van der Waals surface area contributed by atoms with Crippen molar-refractivity contribution < 1.29 is 14.6 Å². The summed E-state index contributed by atoms with van der Waals surface area (Å²) in [5, 5.41) is 17.1. The Balaban J connectivity index is 1.54. The fourth-order valence-electron chi connectivity index (χ4n) is 3.76. The zero-order chi connectivity index (χ0) is 25.0. The smallest absolute Gasteiger partial charge is 0.232 e. The molecule has 1 aromatic heterocycles. The molecule has 0 unspecified atom stereocenters. The minimum absolute atomic E-state index is 0.247. The highest BCUT2D eigenvalue weighted by atomic mass is 16.5. The summed E-state index contributed by atoms with van der Waals surface area (Å²) in [6, 6.07) is 11.2. The molecule has 1 fully saturated rings. The molecular formula is C24H32N8O3. The van der Waals surface area contributed by atoms with Crippen LogP contribution in [0.5, 0.6) is 5.75 Å². The second kappa shape index (κ2) is 10.3. The number of aliphatic hydroxyl groups is 1. The van der Waals surface area contributed by atoms with E-state index in [1.807, 2.05) is 51.5 Å². The van der Waals surface area contributed by atoms with Crippen molar-refractivity contribution in [2.24, 2.45) is 0 Å². The standard InChI is InChI=1S/C24H32N8O3/c1-31(2)9-10-32(3)20-12-21(34-4)19(11-17(20)25)29-23-27-15-26-22(30-23)28-18-8-6-5-7-16(18)24(33)13-35-14-24/h5-8,11-12,15,33H,9-10,13-14,25H2,1-4H3,(H2,26,27,28,29,30). The van der Waals surface area contributed by atoms with E-state index in [1.54, 1.807) is 13.2 Å². The summed E-state index contributed by atoms with van der Waals surface area (Å²) in [6.07, 6.45) is 1.40. The Kier molecular flexibility index (Phi) is 7.20. The molecule has 0 saturated carbocycles. The van der Waals surface area contributed by atoms with E-state index in [9.17, 15) is 5.11 Å². The average Bonchev–Trinajstić information content (AvgIpc) is 2.82. The number of nitrogens with two attached hydrogens (primary N) is 1. The van der Waals surface area contributed by atoms with Crippen LogP contribution in [0.4, 0.5) is 34.6 Å². The van der Waals surface area contributed by atoms with Gasteiger partial charge in [0.25, 0.3) is 0 Å². The largest absolute Gasteiger partial charge is 0.494 e. The molecule has 0 radical (unpaired) electrons. The summed E-state index contributed by atoms with van der Waals surface area (Å²) in [5.74, 6) is 1.25. The van der Waals surface area contributed by atoms with Crippen molar-refractivity contribution in [3.8, 4) is 5.75 Å². The highest BCUT2D eigenvalue weighted by Gasteiger charge is 2.39. The van der Waals surface area contributed by atoms with Crippen molar-refractivity contribution in [1.29, 1.82) is 0 Å². The Labute approximate surface area is 204 Å². The number of aromatic nitrogens is 3. The lowest BCUT2D eigenvalue weighted by Crippen LogP contribution is -2.46. The van der Waals surface area contributed by atoms with Crippen LogP contribution in [0.25, 0.3) is 0 Å². The molecule has 5 N–H and O–H groups in total. The van der Waals surface area contributed by atoms with E-state index >= 15 is 0 Å². The Morgan fingerprint density at radius 1 is 1.06 bits per heavy atom. The molecule has 2 heterocycles. The lowest BCUT2D eigenvalue weighted by atomic mass is 9.90. The van der Waals surface area contributed by atoms with E-state index in [0.717, 1.165) is 24.3 Å². The first-order valence-corrected chi connectivity index (χ1v) is 11.2. The fourth-order valence-corrected chi connectivity index (χ4v) is 3.76. The lowest BCUT2D eigenvalue weighted by Gasteiger charge is -2.37. The third-order valence-corrected chi connectivity index (χ3v) is 5.82. The van der Waals surface area contributed by atoms with Crippen LogP contribution in [0.15, 0.2) is 42.7 Å². The van der Waals surface area contributed by atoms with Gasteiger partial charge in [-0.15, -0.1) is 0 Å². The van der Waals surface area contributed by atoms with E-state index in [2.05, 4.69) is 35.4 Å². The molecule has 35 heavy (non-hydrogen) atoms. The van der Waals surface area contributed by atoms with Gasteiger partial charge in [-0.3, -0.25) is 0 Å². The number of nitrogens with zero attached hydrogens (tertiary/aromatic N) is 5. The van der Waals surface area contributed by atoms with Crippen LogP contribution in [-0.4, -0.2) is 79.5 Å². The molecule has 4 rings (SSSR count). The van der Waals surface area contributed by atoms with E-state index in [-0.39, 0.29) is 13.2 Å². The van der Waals surface area contributed by atoms with Crippen LogP contribution in [0.3, 0.4) is 0 Å². The molecule has 0 atom stereocenters. The van der Waals surface area contributed by atoms with E-state index < -0.39 is 5.60 Å². The maximum atomic E-state index is 10.7. The number of rotatable bonds is 10. The number of methoxy groups -OCH3 is 1. The summed E-state index contributed by atoms with van der Waals surface area (Å²) < 4.78 is 10.8. The second-order valence-electron chi connectivity index (χ2n) is 8.79. The summed E-state index contributed by atoms with van der Waals surface area (Å²) in [6.45, 7) is 2.21. The predicted octanol–water partition coefficient (Wildman–Crippen LogP) is 2.17. The van der Waals surface area contributed by atoms with E-state index in [0.29, 0.717) is 34.7 Å². The Morgan fingerprint density at radius 2 is 1.74 bits per heavy atom. The molecule has 11 nitrogen and oxygen atoms in total. The number of hydrogen-bond acceptors (Lipinski definition) is 11. The van der Waals surface area contributed by atoms with Gasteiger partial charge in [0.05, 0.1) is 37.4 Å². The monoisotopic (exact) mass is 480 g/mol. The molecule has 1 aliphatic heterocycles. The molecule has 3 aromatic rings. The molecule has 1 aliphatic rings. The van der Waals surface area contributed by atoms with Gasteiger partial charge in [0.1, 0.15) is 17.7 Å². The molecule has 0 bridgehead atoms. The van der Waals surface area contributed by atoms with Gasteiger partial charge in [0.15, 0.2) is 0 Å². The van der Waals surface area contributed by atoms with Crippen molar-refractivity contribution >= 4 is 34.6 Å². The highest BCUT2D eigenvalue weighted by Crippen LogP contribution is 2.37. The SMILES string of the molecule is COc1cc(N(C)CCN(C)C)c(N)cc1Nc1ncnc(Nc2ccccc2C2(O)COC2)n1. The van der Waals surface area contributed by atoms with E-state index in [1.165, 1.54) is 6.33 Å². The predicted molar refractivity (Wildman–Crippen MR) is 137 cm³/mol. The maximum Gasteiger partial charge on any atom is 0.232 e.